The molecule has 1 N–H and O–H groups in total. The summed E-state index contributed by atoms with van der Waals surface area (Å²) < 4.78 is 10.8. The summed E-state index contributed by atoms with van der Waals surface area (Å²) in [6.07, 6.45) is 0. The molecule has 1 heterocycles. The number of halogens is 1. The van der Waals surface area contributed by atoms with Crippen LogP contribution in [-0.4, -0.2) is 35.4 Å². The molecule has 4 rings (SSSR count). The van der Waals surface area contributed by atoms with E-state index in [4.69, 9.17) is 21.1 Å². The fourth-order valence-corrected chi connectivity index (χ4v) is 4.36. The van der Waals surface area contributed by atoms with Crippen LogP contribution in [0.25, 0.3) is 5.76 Å². The average Bonchev–Trinajstić information content (AvgIpc) is 3.11. The first-order valence-corrected chi connectivity index (χ1v) is 11.6. The average molecular weight is 492 g/mol. The lowest BCUT2D eigenvalue weighted by atomic mass is 9.94. The van der Waals surface area contributed by atoms with E-state index in [0.29, 0.717) is 34.3 Å². The highest BCUT2D eigenvalue weighted by molar-refractivity contribution is 6.46. The predicted molar refractivity (Wildman–Crippen MR) is 135 cm³/mol. The molecule has 180 valence electrons. The number of aliphatic hydroxyl groups excluding tert-OH is 1. The number of hydrogen-bond acceptors (Lipinski definition) is 5. The van der Waals surface area contributed by atoms with Crippen LogP contribution in [0.4, 0.5) is 0 Å². The molecule has 0 aromatic heterocycles. The smallest absolute Gasteiger partial charge is 0.295 e. The minimum Gasteiger partial charge on any atom is -0.507 e. The number of aliphatic hydroxyl groups is 1. The zero-order chi connectivity index (χ0) is 25.1. The van der Waals surface area contributed by atoms with E-state index in [-0.39, 0.29) is 17.9 Å². The standard InChI is InChI=1S/C28H26ClNO5/c1-4-35-23-14-9-20(15-17(23)2)26(31)24-25(19-7-10-21(29)11-8-19)30(28(33)27(24)32)16-18-5-12-22(34-3)13-6-18/h5-15,25,31H,4,16H2,1-3H3/b26-24-. The Morgan fingerprint density at radius 1 is 1.03 bits per heavy atom. The van der Waals surface area contributed by atoms with Gasteiger partial charge in [0.15, 0.2) is 0 Å². The molecule has 3 aromatic carbocycles. The first kappa shape index (κ1) is 24.4. The van der Waals surface area contributed by atoms with E-state index in [2.05, 4.69) is 0 Å². The third kappa shape index (κ3) is 4.88. The van der Waals surface area contributed by atoms with Gasteiger partial charge in [-0.3, -0.25) is 9.59 Å². The van der Waals surface area contributed by atoms with Crippen LogP contribution in [0.15, 0.2) is 72.3 Å². The molecule has 1 aliphatic rings. The second-order valence-electron chi connectivity index (χ2n) is 8.24. The van der Waals surface area contributed by atoms with E-state index in [9.17, 15) is 14.7 Å². The van der Waals surface area contributed by atoms with E-state index in [1.165, 1.54) is 4.90 Å². The van der Waals surface area contributed by atoms with Gasteiger partial charge in [-0.25, -0.2) is 0 Å². The number of aryl methyl sites for hydroxylation is 1. The Morgan fingerprint density at radius 2 is 1.71 bits per heavy atom. The van der Waals surface area contributed by atoms with Gasteiger partial charge in [0.1, 0.15) is 17.3 Å². The van der Waals surface area contributed by atoms with E-state index < -0.39 is 17.7 Å². The van der Waals surface area contributed by atoms with Crippen LogP contribution in [0.2, 0.25) is 5.02 Å². The molecule has 1 amide bonds. The number of methoxy groups -OCH3 is 1. The molecule has 0 saturated carbocycles. The van der Waals surface area contributed by atoms with E-state index in [1.807, 2.05) is 26.0 Å². The monoisotopic (exact) mass is 491 g/mol. The van der Waals surface area contributed by atoms with Crippen LogP contribution in [0.5, 0.6) is 11.5 Å². The third-order valence-corrected chi connectivity index (χ3v) is 6.24. The van der Waals surface area contributed by atoms with Gasteiger partial charge in [-0.2, -0.15) is 0 Å². The molecule has 1 atom stereocenters. The maximum absolute atomic E-state index is 13.2. The minimum atomic E-state index is -0.777. The maximum atomic E-state index is 13.2. The number of amides is 1. The molecule has 7 heteroatoms. The highest BCUT2D eigenvalue weighted by atomic mass is 35.5. The Morgan fingerprint density at radius 3 is 2.31 bits per heavy atom. The van der Waals surface area contributed by atoms with Crippen LogP contribution in [0.1, 0.15) is 35.2 Å². The maximum Gasteiger partial charge on any atom is 0.295 e. The summed E-state index contributed by atoms with van der Waals surface area (Å²) in [4.78, 5) is 27.9. The molecule has 0 bridgehead atoms. The lowest BCUT2D eigenvalue weighted by molar-refractivity contribution is -0.140. The number of likely N-dealkylation sites (tertiary alicyclic amines) is 1. The van der Waals surface area contributed by atoms with Crippen LogP contribution in [0.3, 0.4) is 0 Å². The van der Waals surface area contributed by atoms with Crippen LogP contribution in [0, 0.1) is 6.92 Å². The van der Waals surface area contributed by atoms with Gasteiger partial charge < -0.3 is 19.5 Å². The van der Waals surface area contributed by atoms with Crippen molar-refractivity contribution in [2.24, 2.45) is 0 Å². The molecule has 0 aliphatic carbocycles. The normalized spacial score (nSPS) is 17.0. The summed E-state index contributed by atoms with van der Waals surface area (Å²) in [5, 5.41) is 11.8. The summed E-state index contributed by atoms with van der Waals surface area (Å²) in [7, 11) is 1.58. The van der Waals surface area contributed by atoms with Gasteiger partial charge >= 0.3 is 0 Å². The fraction of sp³-hybridized carbons (Fsp3) is 0.214. The molecule has 1 unspecified atom stereocenters. The number of hydrogen-bond donors (Lipinski definition) is 1. The molecular formula is C28H26ClNO5. The highest BCUT2D eigenvalue weighted by Gasteiger charge is 2.46. The number of rotatable bonds is 7. The quantitative estimate of drug-likeness (QED) is 0.261. The van der Waals surface area contributed by atoms with Gasteiger partial charge in [0, 0.05) is 17.1 Å². The number of carbonyl (C=O) groups excluding carboxylic acids is 2. The van der Waals surface area contributed by atoms with Crippen molar-refractivity contribution in [2.45, 2.75) is 26.4 Å². The van der Waals surface area contributed by atoms with Crippen LogP contribution < -0.4 is 9.47 Å². The first-order valence-electron chi connectivity index (χ1n) is 11.2. The van der Waals surface area contributed by atoms with E-state index in [1.54, 1.807) is 61.7 Å². The van der Waals surface area contributed by atoms with Gasteiger partial charge in [0.25, 0.3) is 11.7 Å². The zero-order valence-corrected chi connectivity index (χ0v) is 20.5. The molecule has 1 fully saturated rings. The second-order valence-corrected chi connectivity index (χ2v) is 8.68. The lowest BCUT2D eigenvalue weighted by Gasteiger charge is -2.25. The van der Waals surface area contributed by atoms with Crippen molar-refractivity contribution in [1.29, 1.82) is 0 Å². The van der Waals surface area contributed by atoms with Gasteiger partial charge in [-0.05, 0) is 73.0 Å². The number of Topliss-reactive ketones (excluding diaryl/α,β-unsaturated/α-hetero) is 1. The molecule has 1 aliphatic heterocycles. The third-order valence-electron chi connectivity index (χ3n) is 5.99. The second kappa shape index (κ2) is 10.2. The van der Waals surface area contributed by atoms with Gasteiger partial charge in [-0.1, -0.05) is 35.9 Å². The van der Waals surface area contributed by atoms with E-state index in [0.717, 1.165) is 11.1 Å². The minimum absolute atomic E-state index is 0.0365. The summed E-state index contributed by atoms with van der Waals surface area (Å²) in [6, 6.07) is 18.6. The van der Waals surface area contributed by atoms with Crippen molar-refractivity contribution in [3.63, 3.8) is 0 Å². The van der Waals surface area contributed by atoms with Gasteiger partial charge in [0.2, 0.25) is 0 Å². The Labute approximate surface area is 209 Å². The summed E-state index contributed by atoms with van der Waals surface area (Å²) in [6.45, 7) is 4.45. The van der Waals surface area contributed by atoms with Crippen molar-refractivity contribution in [3.8, 4) is 11.5 Å². The van der Waals surface area contributed by atoms with Crippen molar-refractivity contribution in [3.05, 3.63) is 99.6 Å². The van der Waals surface area contributed by atoms with Crippen LogP contribution >= 0.6 is 11.6 Å². The summed E-state index contributed by atoms with van der Waals surface area (Å²) in [5.74, 6) is -0.256. The van der Waals surface area contributed by atoms with Gasteiger partial charge in [0.05, 0.1) is 25.3 Å². The number of carbonyl (C=O) groups is 2. The largest absolute Gasteiger partial charge is 0.507 e. The molecule has 3 aromatic rings. The number of ether oxygens (including phenoxy) is 2. The number of ketones is 1. The first-order chi connectivity index (χ1) is 16.8. The molecule has 6 nitrogen and oxygen atoms in total. The van der Waals surface area contributed by atoms with Crippen molar-refractivity contribution in [2.75, 3.05) is 13.7 Å². The van der Waals surface area contributed by atoms with Crippen molar-refractivity contribution >= 4 is 29.1 Å². The molecule has 1 saturated heterocycles. The molecule has 0 spiro atoms. The summed E-state index contributed by atoms with van der Waals surface area (Å²) >= 11 is 6.09. The number of nitrogens with zero attached hydrogens (tertiary/aromatic N) is 1. The fourth-order valence-electron chi connectivity index (χ4n) is 4.23. The molecule has 35 heavy (non-hydrogen) atoms. The zero-order valence-electron chi connectivity index (χ0n) is 19.7. The Balaban J connectivity index is 1.81. The SMILES string of the molecule is CCOc1ccc(/C(O)=C2/C(=O)C(=O)N(Cc3ccc(OC)cc3)C2c2ccc(Cl)cc2)cc1C. The van der Waals surface area contributed by atoms with Crippen LogP contribution in [-0.2, 0) is 16.1 Å². The predicted octanol–water partition coefficient (Wildman–Crippen LogP) is 5.68. The topological polar surface area (TPSA) is 76.1 Å². The van der Waals surface area contributed by atoms with E-state index >= 15 is 0 Å². The Kier molecular flexibility index (Phi) is 7.12. The highest BCUT2D eigenvalue weighted by Crippen LogP contribution is 2.41. The van der Waals surface area contributed by atoms with Gasteiger partial charge in [-0.15, -0.1) is 0 Å². The summed E-state index contributed by atoms with van der Waals surface area (Å²) in [5.41, 5.74) is 2.78. The van der Waals surface area contributed by atoms with Crippen molar-refractivity contribution in [1.82, 2.24) is 4.90 Å². The number of benzene rings is 3. The Hall–Kier alpha value is -3.77. The molecular weight excluding hydrogens is 466 g/mol. The Bertz CT molecular complexity index is 1280. The lowest BCUT2D eigenvalue weighted by Crippen LogP contribution is -2.29. The molecule has 0 radical (unpaired) electrons. The van der Waals surface area contributed by atoms with Crippen molar-refractivity contribution < 1.29 is 24.2 Å².